The van der Waals surface area contributed by atoms with Gasteiger partial charge in [-0.05, 0) is 43.3 Å². The Bertz CT molecular complexity index is 1320. The minimum atomic E-state index is -5.85. The van der Waals surface area contributed by atoms with Crippen LogP contribution in [0, 0.1) is 0 Å². The zero-order chi connectivity index (χ0) is 29.1. The van der Waals surface area contributed by atoms with E-state index in [0.29, 0.717) is 28.5 Å². The van der Waals surface area contributed by atoms with E-state index < -0.39 is 43.1 Å². The number of nitrogens with zero attached hydrogens (tertiary/aromatic N) is 1. The molecule has 0 saturated carbocycles. The molecule has 0 N–H and O–H groups in total. The third-order valence-corrected chi connectivity index (χ3v) is 5.41. The van der Waals surface area contributed by atoms with Gasteiger partial charge in [-0.25, -0.2) is 19.0 Å². The predicted molar refractivity (Wildman–Crippen MR) is 119 cm³/mol. The molecule has 3 aromatic rings. The second-order valence-corrected chi connectivity index (χ2v) is 8.75. The summed E-state index contributed by atoms with van der Waals surface area (Å²) in [5.74, 6) is -2.52. The molecule has 212 valence electrons. The van der Waals surface area contributed by atoms with Crippen LogP contribution >= 0.6 is 11.8 Å². The smallest absolute Gasteiger partial charge is 0.456 e. The number of carbonyl (C=O) groups excluding carboxylic acids is 1. The van der Waals surface area contributed by atoms with Gasteiger partial charge in [-0.1, -0.05) is 6.58 Å². The lowest BCUT2D eigenvalue weighted by Gasteiger charge is -2.27. The summed E-state index contributed by atoms with van der Waals surface area (Å²) in [6.07, 6.45) is -18.4. The molecule has 0 atom stereocenters. The third kappa shape index (κ3) is 9.19. The van der Waals surface area contributed by atoms with E-state index in [1.165, 1.54) is 24.4 Å². The van der Waals surface area contributed by atoms with Crippen molar-refractivity contribution >= 4 is 28.7 Å². The first-order valence-electron chi connectivity index (χ1n) is 10.5. The second kappa shape index (κ2) is 11.5. The van der Waals surface area contributed by atoms with E-state index in [4.69, 9.17) is 4.42 Å². The summed E-state index contributed by atoms with van der Waals surface area (Å²) in [6.45, 7) is 1.95. The van der Waals surface area contributed by atoms with Crippen molar-refractivity contribution in [1.29, 1.82) is 0 Å². The molecule has 2 aromatic heterocycles. The first-order chi connectivity index (χ1) is 18.0. The van der Waals surface area contributed by atoms with Gasteiger partial charge >= 0.3 is 30.8 Å². The van der Waals surface area contributed by atoms with Crippen molar-refractivity contribution in [3.63, 3.8) is 0 Å². The number of pyridine rings is 1. The van der Waals surface area contributed by atoms with Crippen LogP contribution in [0.3, 0.4) is 0 Å². The number of benzene rings is 1. The van der Waals surface area contributed by atoms with Crippen molar-refractivity contribution in [2.45, 2.75) is 36.6 Å². The maximum Gasteiger partial charge on any atom is 0.496 e. The van der Waals surface area contributed by atoms with Crippen LogP contribution in [0.25, 0.3) is 22.3 Å². The number of fused-ring (bicyclic) bond motifs is 1. The number of hydrogen-bond acceptors (Lipinski definition) is 8. The van der Waals surface area contributed by atoms with E-state index in [1.54, 1.807) is 24.4 Å². The van der Waals surface area contributed by atoms with Crippen molar-refractivity contribution in [1.82, 2.24) is 4.98 Å². The van der Waals surface area contributed by atoms with Gasteiger partial charge in [-0.3, -0.25) is 4.98 Å². The van der Waals surface area contributed by atoms with Crippen LogP contribution in [0.15, 0.2) is 70.3 Å². The number of alkyl halides is 8. The number of esters is 1. The Morgan fingerprint density at radius 3 is 2.26 bits per heavy atom. The number of halogens is 8. The van der Waals surface area contributed by atoms with E-state index in [-0.39, 0.29) is 16.1 Å². The fraction of sp³-hybridized carbons (Fsp3) is 0.304. The molecule has 2 heterocycles. The fourth-order valence-corrected chi connectivity index (χ4v) is 3.53. The zero-order valence-corrected chi connectivity index (χ0v) is 20.4. The van der Waals surface area contributed by atoms with Gasteiger partial charge in [0, 0.05) is 33.8 Å². The molecular weight excluding hydrogens is 570 g/mol. The normalized spacial score (nSPS) is 13.1. The molecule has 3 rings (SSSR count). The number of carbonyl (C=O) groups is 1. The molecule has 16 heteroatoms. The summed E-state index contributed by atoms with van der Waals surface area (Å²) in [5, 5.41) is 0.592. The van der Waals surface area contributed by atoms with Gasteiger partial charge in [0.1, 0.15) is 11.3 Å². The SMILES string of the molecule is C=C(C)C(=O)OCC(F)(F)OC(F)(F)OC(F)(F)OC(F)(F)CSc1ccc2cc(-c3cccnc3)oc2c1. The van der Waals surface area contributed by atoms with Crippen LogP contribution in [-0.2, 0) is 23.7 Å². The number of aromatic nitrogens is 1. The minimum absolute atomic E-state index is 0.111. The van der Waals surface area contributed by atoms with Gasteiger partial charge in [0.2, 0.25) is 0 Å². The highest BCUT2D eigenvalue weighted by Crippen LogP contribution is 2.39. The summed E-state index contributed by atoms with van der Waals surface area (Å²) in [4.78, 5) is 15.1. The van der Waals surface area contributed by atoms with Crippen LogP contribution in [0.4, 0.5) is 35.1 Å². The molecule has 0 amide bonds. The average molecular weight is 587 g/mol. The Balaban J connectivity index is 1.58. The molecule has 0 spiro atoms. The standard InChI is InChI=1S/C23H17F8NO6S/c1-13(2)19(33)34-11-20(24,25)36-22(28,29)38-23(30,31)37-21(26,27)12-39-16-6-5-14-8-17(35-18(14)9-16)15-4-3-7-32-10-15/h3-10H,1,11-12H2,2H3. The average Bonchev–Trinajstić information content (AvgIpc) is 3.23. The Morgan fingerprint density at radius 1 is 0.974 bits per heavy atom. The number of furan rings is 1. The number of thioether (sulfide) groups is 1. The van der Waals surface area contributed by atoms with Crippen LogP contribution in [0.2, 0.25) is 0 Å². The van der Waals surface area contributed by atoms with Crippen molar-refractivity contribution in [2.24, 2.45) is 0 Å². The molecule has 0 aliphatic heterocycles. The van der Waals surface area contributed by atoms with Gasteiger partial charge in [0.25, 0.3) is 0 Å². The Hall–Kier alpha value is -3.21. The first kappa shape index (κ1) is 30.3. The van der Waals surface area contributed by atoms with Gasteiger partial charge in [-0.15, -0.1) is 29.3 Å². The lowest BCUT2D eigenvalue weighted by molar-refractivity contribution is -0.572. The second-order valence-electron chi connectivity index (χ2n) is 7.70. The van der Waals surface area contributed by atoms with Gasteiger partial charge < -0.3 is 9.15 Å². The van der Waals surface area contributed by atoms with Gasteiger partial charge in [0.05, 0.1) is 5.75 Å². The molecule has 7 nitrogen and oxygen atoms in total. The fourth-order valence-electron chi connectivity index (χ4n) is 2.78. The largest absolute Gasteiger partial charge is 0.496 e. The van der Waals surface area contributed by atoms with E-state index >= 15 is 0 Å². The van der Waals surface area contributed by atoms with E-state index in [2.05, 4.69) is 30.5 Å². The van der Waals surface area contributed by atoms with Crippen molar-refractivity contribution in [2.75, 3.05) is 12.4 Å². The van der Waals surface area contributed by atoms with Gasteiger partial charge in [0.15, 0.2) is 6.61 Å². The first-order valence-corrected chi connectivity index (χ1v) is 11.5. The lowest BCUT2D eigenvalue weighted by Crippen LogP contribution is -2.46. The summed E-state index contributed by atoms with van der Waals surface area (Å²) < 4.78 is 127. The van der Waals surface area contributed by atoms with E-state index in [0.717, 1.165) is 6.92 Å². The highest BCUT2D eigenvalue weighted by atomic mass is 32.2. The monoisotopic (exact) mass is 587 g/mol. The van der Waals surface area contributed by atoms with E-state index in [1.807, 2.05) is 0 Å². The maximum absolute atomic E-state index is 14.0. The van der Waals surface area contributed by atoms with Crippen molar-refractivity contribution in [3.8, 4) is 11.3 Å². The van der Waals surface area contributed by atoms with Crippen molar-refractivity contribution < 1.29 is 63.3 Å². The molecular formula is C23H17F8NO6S. The summed E-state index contributed by atoms with van der Waals surface area (Å²) >= 11 is 0.297. The molecule has 1 aromatic carbocycles. The number of rotatable bonds is 13. The molecule has 0 fully saturated rings. The topological polar surface area (TPSA) is 80.0 Å². The molecule has 0 aliphatic rings. The maximum atomic E-state index is 14.0. The molecule has 0 radical (unpaired) electrons. The minimum Gasteiger partial charge on any atom is -0.456 e. The van der Waals surface area contributed by atoms with Gasteiger partial charge in [-0.2, -0.15) is 17.6 Å². The predicted octanol–water partition coefficient (Wildman–Crippen LogP) is 7.04. The Kier molecular flexibility index (Phi) is 8.94. The number of ether oxygens (including phenoxy) is 4. The van der Waals surface area contributed by atoms with Crippen LogP contribution in [0.1, 0.15) is 6.92 Å². The summed E-state index contributed by atoms with van der Waals surface area (Å²) in [6, 6.07) is 9.24. The van der Waals surface area contributed by atoms with Crippen molar-refractivity contribution in [3.05, 3.63) is 60.9 Å². The number of hydrogen-bond donors (Lipinski definition) is 0. The lowest BCUT2D eigenvalue weighted by atomic mass is 10.2. The van der Waals surface area contributed by atoms with Crippen LogP contribution in [0.5, 0.6) is 0 Å². The molecule has 0 unspecified atom stereocenters. The highest BCUT2D eigenvalue weighted by molar-refractivity contribution is 7.99. The zero-order valence-electron chi connectivity index (χ0n) is 19.6. The van der Waals surface area contributed by atoms with Crippen LogP contribution < -0.4 is 0 Å². The quantitative estimate of drug-likeness (QED) is 0.0693. The summed E-state index contributed by atoms with van der Waals surface area (Å²) in [7, 11) is 0. The van der Waals surface area contributed by atoms with E-state index in [9.17, 15) is 39.9 Å². The third-order valence-electron chi connectivity index (χ3n) is 4.34. The molecule has 0 bridgehead atoms. The Morgan fingerprint density at radius 2 is 1.64 bits per heavy atom. The molecule has 0 aliphatic carbocycles. The highest BCUT2D eigenvalue weighted by Gasteiger charge is 2.56. The molecule has 0 saturated heterocycles. The summed E-state index contributed by atoms with van der Waals surface area (Å²) in [5.41, 5.74) is 0.521. The molecule has 39 heavy (non-hydrogen) atoms. The Labute approximate surface area is 218 Å². The van der Waals surface area contributed by atoms with Crippen LogP contribution in [-0.4, -0.2) is 48.1 Å².